The van der Waals surface area contributed by atoms with Gasteiger partial charge in [0, 0.05) is 17.2 Å². The van der Waals surface area contributed by atoms with Gasteiger partial charge < -0.3 is 10.4 Å². The van der Waals surface area contributed by atoms with Crippen LogP contribution in [0.2, 0.25) is 0 Å². The van der Waals surface area contributed by atoms with Crippen molar-refractivity contribution in [3.8, 4) is 0 Å². The van der Waals surface area contributed by atoms with Crippen LogP contribution in [0, 0.1) is 13.8 Å². The van der Waals surface area contributed by atoms with E-state index in [0.29, 0.717) is 16.8 Å². The van der Waals surface area contributed by atoms with Crippen LogP contribution in [0.1, 0.15) is 27.0 Å². The van der Waals surface area contributed by atoms with Crippen molar-refractivity contribution in [2.45, 2.75) is 13.8 Å². The van der Waals surface area contributed by atoms with Crippen LogP contribution in [0.4, 0.5) is 5.69 Å². The molecule has 0 radical (unpaired) electrons. The Bertz CT molecular complexity index is 780. The van der Waals surface area contributed by atoms with E-state index in [1.165, 1.54) is 6.08 Å². The van der Waals surface area contributed by atoms with Crippen molar-refractivity contribution in [3.63, 3.8) is 0 Å². The van der Waals surface area contributed by atoms with E-state index in [2.05, 4.69) is 17.9 Å². The lowest BCUT2D eigenvalue weighted by atomic mass is 10.0. The second-order valence-electron chi connectivity index (χ2n) is 5.24. The molecule has 0 unspecified atom stereocenters. The molecule has 0 saturated carbocycles. The first-order valence-corrected chi connectivity index (χ1v) is 7.85. The molecule has 3 nitrogen and oxygen atoms in total. The second-order valence-corrected chi connectivity index (χ2v) is 6.40. The minimum absolute atomic E-state index is 0.0732. The fraction of sp³-hybridized carbons (Fsp3) is 0.111. The van der Waals surface area contributed by atoms with Gasteiger partial charge in [-0.15, -0.1) is 12.6 Å². The summed E-state index contributed by atoms with van der Waals surface area (Å²) in [6, 6.07) is 12.7. The van der Waals surface area contributed by atoms with Crippen molar-refractivity contribution in [2.24, 2.45) is 0 Å². The third-order valence-corrected chi connectivity index (χ3v) is 3.51. The molecule has 0 heterocycles. The molecule has 118 valence electrons. The first-order chi connectivity index (χ1) is 10.9. The summed E-state index contributed by atoms with van der Waals surface area (Å²) < 4.78 is 0.273. The highest BCUT2D eigenvalue weighted by atomic mass is 32.1. The highest BCUT2D eigenvalue weighted by molar-refractivity contribution is 8.11. The Hall–Kier alpha value is -2.11. The van der Waals surface area contributed by atoms with E-state index in [4.69, 9.17) is 12.2 Å². The summed E-state index contributed by atoms with van der Waals surface area (Å²) in [7, 11) is 0. The van der Waals surface area contributed by atoms with Crippen molar-refractivity contribution in [1.29, 1.82) is 0 Å². The molecule has 2 aromatic rings. The van der Waals surface area contributed by atoms with Crippen LogP contribution in [-0.2, 0) is 0 Å². The molecule has 5 heteroatoms. The molecule has 0 spiro atoms. The number of carbonyl (C=O) groups is 1. The molecule has 0 atom stereocenters. The Balaban J connectivity index is 2.36. The number of hydrogen-bond acceptors (Lipinski definition) is 3. The lowest BCUT2D eigenvalue weighted by molar-refractivity contribution is 0.104. The summed E-state index contributed by atoms with van der Waals surface area (Å²) in [6.45, 7) is 3.85. The monoisotopic (exact) mass is 343 g/mol. The minimum atomic E-state index is -0.307. The number of aliphatic hydroxyl groups excluding tert-OH is 1. The second kappa shape index (κ2) is 7.44. The molecule has 0 aliphatic rings. The number of aryl methyl sites for hydroxylation is 2. The zero-order valence-electron chi connectivity index (χ0n) is 12.8. The highest BCUT2D eigenvalue weighted by Gasteiger charge is 2.12. The Morgan fingerprint density at radius 2 is 1.74 bits per heavy atom. The molecule has 0 aliphatic heterocycles. The number of benzene rings is 2. The number of aliphatic hydroxyl groups is 1. The average molecular weight is 343 g/mol. The standard InChI is InChI=1S/C18H17NO2S2/c1-11-3-6-13(7-4-11)16(20)10-17(21)14-9-12(2)5-8-15(14)19-18(22)23/h3-10,20H,1-2H3,(H2,19,22,23). The molecule has 23 heavy (non-hydrogen) atoms. The summed E-state index contributed by atoms with van der Waals surface area (Å²) in [4.78, 5) is 12.5. The number of nitrogens with one attached hydrogen (secondary N) is 1. The van der Waals surface area contributed by atoms with Crippen molar-refractivity contribution >= 4 is 46.4 Å². The molecule has 2 rings (SSSR count). The van der Waals surface area contributed by atoms with Crippen molar-refractivity contribution in [1.82, 2.24) is 0 Å². The maximum atomic E-state index is 12.5. The van der Waals surface area contributed by atoms with Crippen LogP contribution in [0.5, 0.6) is 0 Å². The quantitative estimate of drug-likeness (QED) is 0.247. The molecule has 0 fully saturated rings. The van der Waals surface area contributed by atoms with Crippen LogP contribution in [-0.4, -0.2) is 15.2 Å². The average Bonchev–Trinajstić information content (AvgIpc) is 2.49. The predicted octanol–water partition coefficient (Wildman–Crippen LogP) is 4.71. The molecular formula is C18H17NO2S2. The van der Waals surface area contributed by atoms with Crippen LogP contribution in [0.25, 0.3) is 5.76 Å². The Morgan fingerprint density at radius 1 is 1.13 bits per heavy atom. The molecule has 0 bridgehead atoms. The third-order valence-electron chi connectivity index (χ3n) is 3.30. The minimum Gasteiger partial charge on any atom is -0.507 e. The van der Waals surface area contributed by atoms with Crippen LogP contribution in [0.3, 0.4) is 0 Å². The maximum Gasteiger partial charge on any atom is 0.191 e. The lowest BCUT2D eigenvalue weighted by Gasteiger charge is -2.10. The number of ketones is 1. The van der Waals surface area contributed by atoms with Crippen molar-refractivity contribution < 1.29 is 9.90 Å². The van der Waals surface area contributed by atoms with E-state index in [-0.39, 0.29) is 15.9 Å². The first-order valence-electron chi connectivity index (χ1n) is 6.99. The fourth-order valence-electron chi connectivity index (χ4n) is 2.10. The zero-order chi connectivity index (χ0) is 17.0. The number of rotatable bonds is 4. The Morgan fingerprint density at radius 3 is 2.35 bits per heavy atom. The maximum absolute atomic E-state index is 12.5. The predicted molar refractivity (Wildman–Crippen MR) is 103 cm³/mol. The van der Waals surface area contributed by atoms with Gasteiger partial charge in [0.05, 0.1) is 5.69 Å². The summed E-state index contributed by atoms with van der Waals surface area (Å²) in [6.07, 6.45) is 1.21. The molecular weight excluding hydrogens is 326 g/mol. The van der Waals surface area contributed by atoms with Gasteiger partial charge in [0.1, 0.15) is 10.1 Å². The SMILES string of the molecule is Cc1ccc(C(O)=CC(=O)c2cc(C)ccc2NC(=S)S)cc1. The van der Waals surface area contributed by atoms with Gasteiger partial charge in [-0.25, -0.2) is 0 Å². The first kappa shape index (κ1) is 17.2. The molecule has 0 aromatic heterocycles. The van der Waals surface area contributed by atoms with Gasteiger partial charge in [-0.3, -0.25) is 4.79 Å². The van der Waals surface area contributed by atoms with Crippen LogP contribution >= 0.6 is 24.8 Å². The van der Waals surface area contributed by atoms with Crippen molar-refractivity contribution in [2.75, 3.05) is 5.32 Å². The number of thiocarbonyl (C=S) groups is 1. The van der Waals surface area contributed by atoms with E-state index >= 15 is 0 Å². The van der Waals surface area contributed by atoms with Gasteiger partial charge >= 0.3 is 0 Å². The highest BCUT2D eigenvalue weighted by Crippen LogP contribution is 2.21. The van der Waals surface area contributed by atoms with E-state index < -0.39 is 0 Å². The van der Waals surface area contributed by atoms with Crippen LogP contribution < -0.4 is 5.32 Å². The smallest absolute Gasteiger partial charge is 0.191 e. The molecule has 0 amide bonds. The Kier molecular flexibility index (Phi) is 5.58. The summed E-state index contributed by atoms with van der Waals surface area (Å²) in [5.41, 5.74) is 3.61. The Labute approximate surface area is 146 Å². The summed E-state index contributed by atoms with van der Waals surface area (Å²) in [5, 5.41) is 13.0. The van der Waals surface area contributed by atoms with Gasteiger partial charge in [-0.1, -0.05) is 53.7 Å². The van der Waals surface area contributed by atoms with Gasteiger partial charge in [-0.2, -0.15) is 0 Å². The van der Waals surface area contributed by atoms with Gasteiger partial charge in [0.25, 0.3) is 0 Å². The topological polar surface area (TPSA) is 49.3 Å². The molecule has 0 aliphatic carbocycles. The molecule has 2 aromatic carbocycles. The van der Waals surface area contributed by atoms with E-state index in [9.17, 15) is 9.90 Å². The zero-order valence-corrected chi connectivity index (χ0v) is 14.5. The summed E-state index contributed by atoms with van der Waals surface area (Å²) >= 11 is 8.94. The van der Waals surface area contributed by atoms with E-state index in [1.807, 2.05) is 32.0 Å². The van der Waals surface area contributed by atoms with Crippen molar-refractivity contribution in [3.05, 3.63) is 70.8 Å². The van der Waals surface area contributed by atoms with E-state index in [0.717, 1.165) is 11.1 Å². The normalized spacial score (nSPS) is 11.2. The van der Waals surface area contributed by atoms with Gasteiger partial charge in [0.15, 0.2) is 5.78 Å². The fourth-order valence-corrected chi connectivity index (χ4v) is 2.33. The van der Waals surface area contributed by atoms with Crippen LogP contribution in [0.15, 0.2) is 48.5 Å². The third kappa shape index (κ3) is 4.68. The summed E-state index contributed by atoms with van der Waals surface area (Å²) in [5.74, 6) is -0.380. The lowest BCUT2D eigenvalue weighted by Crippen LogP contribution is -2.08. The number of carbonyl (C=O) groups excluding carboxylic acids is 1. The molecule has 0 saturated heterocycles. The number of allylic oxidation sites excluding steroid dienone is 1. The van der Waals surface area contributed by atoms with Gasteiger partial charge in [-0.05, 0) is 26.0 Å². The number of hydrogen-bond donors (Lipinski definition) is 3. The molecule has 2 N–H and O–H groups in total. The van der Waals surface area contributed by atoms with Gasteiger partial charge in [0.2, 0.25) is 0 Å². The largest absolute Gasteiger partial charge is 0.507 e. The number of thiol groups is 1. The van der Waals surface area contributed by atoms with E-state index in [1.54, 1.807) is 24.3 Å². The number of anilines is 1.